The van der Waals surface area contributed by atoms with Gasteiger partial charge in [0, 0.05) is 0 Å². The normalized spacial score (nSPS) is 11.7. The van der Waals surface area contributed by atoms with Crippen molar-refractivity contribution in [3.05, 3.63) is 29.3 Å². The number of aliphatic carboxylic acids is 1. The van der Waals surface area contributed by atoms with Crippen molar-refractivity contribution < 1.29 is 14.6 Å². The number of hydrogen-bond donors (Lipinski definition) is 1. The van der Waals surface area contributed by atoms with E-state index in [2.05, 4.69) is 0 Å². The van der Waals surface area contributed by atoms with Gasteiger partial charge in [-0.05, 0) is 52.7 Å². The Morgan fingerprint density at radius 1 is 1.39 bits per heavy atom. The zero-order valence-corrected chi connectivity index (χ0v) is 11.8. The fourth-order valence-electron chi connectivity index (χ4n) is 1.77. The second-order valence-electron chi connectivity index (χ2n) is 5.64. The summed E-state index contributed by atoms with van der Waals surface area (Å²) in [5.41, 5.74) is 1.28. The van der Waals surface area contributed by atoms with Gasteiger partial charge in [0.15, 0.2) is 0 Å². The largest absolute Gasteiger partial charge is 0.491 e. The molecule has 0 unspecified atom stereocenters. The third kappa shape index (κ3) is 3.76. The van der Waals surface area contributed by atoms with Gasteiger partial charge in [-0.15, -0.1) is 0 Å². The molecule has 0 saturated heterocycles. The Hall–Kier alpha value is -1.51. The highest BCUT2D eigenvalue weighted by Crippen LogP contribution is 2.29. The fourth-order valence-corrected chi connectivity index (χ4v) is 1.77. The molecule has 1 aromatic rings. The molecule has 0 aliphatic carbocycles. The van der Waals surface area contributed by atoms with Crippen LogP contribution in [0.15, 0.2) is 18.2 Å². The second-order valence-corrected chi connectivity index (χ2v) is 5.64. The highest BCUT2D eigenvalue weighted by molar-refractivity contribution is 5.74. The highest BCUT2D eigenvalue weighted by Gasteiger charge is 2.28. The lowest BCUT2D eigenvalue weighted by Crippen LogP contribution is -2.26. The van der Waals surface area contributed by atoms with E-state index in [1.807, 2.05) is 39.0 Å². The van der Waals surface area contributed by atoms with E-state index in [0.717, 1.165) is 16.9 Å². The molecule has 18 heavy (non-hydrogen) atoms. The summed E-state index contributed by atoms with van der Waals surface area (Å²) in [6.07, 6.45) is 0.547. The Balaban J connectivity index is 3.06. The zero-order valence-electron chi connectivity index (χ0n) is 11.8. The molecule has 0 amide bonds. The van der Waals surface area contributed by atoms with Gasteiger partial charge in [0.05, 0.1) is 11.5 Å². The Labute approximate surface area is 109 Å². The van der Waals surface area contributed by atoms with Crippen LogP contribution in [0.1, 0.15) is 38.8 Å². The van der Waals surface area contributed by atoms with Gasteiger partial charge >= 0.3 is 5.97 Å². The second kappa shape index (κ2) is 5.42. The topological polar surface area (TPSA) is 46.5 Å². The first kappa shape index (κ1) is 14.6. The number of benzene rings is 1. The molecule has 3 nitrogen and oxygen atoms in total. The van der Waals surface area contributed by atoms with Crippen molar-refractivity contribution in [3.63, 3.8) is 0 Å². The van der Waals surface area contributed by atoms with Crippen molar-refractivity contribution in [2.45, 2.75) is 47.1 Å². The molecule has 0 heterocycles. The first-order valence-electron chi connectivity index (χ1n) is 6.22. The van der Waals surface area contributed by atoms with E-state index in [1.54, 1.807) is 13.8 Å². The number of ether oxygens (including phenoxy) is 1. The molecule has 3 heteroatoms. The van der Waals surface area contributed by atoms with Gasteiger partial charge in [0.25, 0.3) is 0 Å². The Morgan fingerprint density at radius 2 is 2.00 bits per heavy atom. The van der Waals surface area contributed by atoms with Crippen molar-refractivity contribution in [1.82, 2.24) is 0 Å². The van der Waals surface area contributed by atoms with Gasteiger partial charge in [-0.2, -0.15) is 0 Å². The third-order valence-corrected chi connectivity index (χ3v) is 2.79. The monoisotopic (exact) mass is 250 g/mol. The molecule has 0 atom stereocenters. The first-order valence-corrected chi connectivity index (χ1v) is 6.22. The summed E-state index contributed by atoms with van der Waals surface area (Å²) in [6, 6.07) is 5.90. The van der Waals surface area contributed by atoms with Gasteiger partial charge in [-0.1, -0.05) is 17.7 Å². The number of rotatable bonds is 5. The molecule has 0 saturated carbocycles. The number of carbonyl (C=O) groups is 1. The smallest absolute Gasteiger partial charge is 0.309 e. The number of hydrogen-bond acceptors (Lipinski definition) is 2. The van der Waals surface area contributed by atoms with Crippen molar-refractivity contribution in [2.24, 2.45) is 5.41 Å². The molecule has 0 radical (unpaired) electrons. The maximum Gasteiger partial charge on any atom is 0.309 e. The minimum absolute atomic E-state index is 0.0828. The van der Waals surface area contributed by atoms with Crippen LogP contribution in [-0.4, -0.2) is 17.2 Å². The summed E-state index contributed by atoms with van der Waals surface area (Å²) in [5.74, 6) is -0.00979. The van der Waals surface area contributed by atoms with E-state index in [9.17, 15) is 9.90 Å². The molecule has 1 aromatic carbocycles. The lowest BCUT2D eigenvalue weighted by atomic mass is 9.85. The van der Waals surface area contributed by atoms with Crippen molar-refractivity contribution in [3.8, 4) is 5.75 Å². The Kier molecular flexibility index (Phi) is 4.38. The van der Waals surface area contributed by atoms with Gasteiger partial charge in [-0.25, -0.2) is 0 Å². The molecule has 1 N–H and O–H groups in total. The van der Waals surface area contributed by atoms with E-state index in [1.165, 1.54) is 0 Å². The van der Waals surface area contributed by atoms with Crippen LogP contribution in [0.4, 0.5) is 0 Å². The zero-order chi connectivity index (χ0) is 13.9. The molecule has 0 fully saturated rings. The predicted octanol–water partition coefficient (Wildman–Crippen LogP) is 3.44. The molecule has 0 aromatic heterocycles. The first-order chi connectivity index (χ1) is 8.22. The SMILES string of the molecule is Cc1ccc(OC(C)C)c(CC(C)(C)C(=O)O)c1. The summed E-state index contributed by atoms with van der Waals surface area (Å²) < 4.78 is 5.73. The molecule has 1 rings (SSSR count). The molecule has 0 spiro atoms. The van der Waals surface area contributed by atoms with Gasteiger partial charge < -0.3 is 9.84 Å². The maximum atomic E-state index is 11.2. The molecular weight excluding hydrogens is 228 g/mol. The summed E-state index contributed by atoms with van der Waals surface area (Å²) in [7, 11) is 0. The third-order valence-electron chi connectivity index (χ3n) is 2.79. The van der Waals surface area contributed by atoms with E-state index in [0.29, 0.717) is 6.42 Å². The number of aryl methyl sites for hydroxylation is 1. The summed E-state index contributed by atoms with van der Waals surface area (Å²) in [5, 5.41) is 9.20. The lowest BCUT2D eigenvalue weighted by Gasteiger charge is -2.22. The van der Waals surface area contributed by atoms with Crippen molar-refractivity contribution in [2.75, 3.05) is 0 Å². The molecule has 100 valence electrons. The molecular formula is C15H22O3. The fraction of sp³-hybridized carbons (Fsp3) is 0.533. The van der Waals surface area contributed by atoms with Crippen LogP contribution in [0.25, 0.3) is 0 Å². The van der Waals surface area contributed by atoms with Crippen LogP contribution >= 0.6 is 0 Å². The summed E-state index contributed by atoms with van der Waals surface area (Å²) in [4.78, 5) is 11.2. The minimum Gasteiger partial charge on any atom is -0.491 e. The minimum atomic E-state index is -0.792. The van der Waals surface area contributed by atoms with Crippen molar-refractivity contribution >= 4 is 5.97 Å². The van der Waals surface area contributed by atoms with E-state index < -0.39 is 11.4 Å². The average molecular weight is 250 g/mol. The Bertz CT molecular complexity index is 433. The van der Waals surface area contributed by atoms with Crippen molar-refractivity contribution in [1.29, 1.82) is 0 Å². The number of carboxylic acids is 1. The van der Waals surface area contributed by atoms with Gasteiger partial charge in [0.2, 0.25) is 0 Å². The number of carboxylic acid groups (broad SMARTS) is 1. The van der Waals surface area contributed by atoms with Crippen LogP contribution in [-0.2, 0) is 11.2 Å². The standard InChI is InChI=1S/C15H22O3/c1-10(2)18-13-7-6-11(3)8-12(13)9-15(4,5)14(16)17/h6-8,10H,9H2,1-5H3,(H,16,17). The van der Waals surface area contributed by atoms with Crippen LogP contribution in [0.2, 0.25) is 0 Å². The molecule has 0 bridgehead atoms. The predicted molar refractivity (Wildman–Crippen MR) is 72.1 cm³/mol. The van der Waals surface area contributed by atoms with Crippen LogP contribution in [0.5, 0.6) is 5.75 Å². The Morgan fingerprint density at radius 3 is 2.50 bits per heavy atom. The lowest BCUT2D eigenvalue weighted by molar-refractivity contribution is -0.146. The van der Waals surface area contributed by atoms with Crippen LogP contribution in [0, 0.1) is 12.3 Å². The van der Waals surface area contributed by atoms with Gasteiger partial charge in [-0.3, -0.25) is 4.79 Å². The van der Waals surface area contributed by atoms with E-state index in [-0.39, 0.29) is 6.10 Å². The van der Waals surface area contributed by atoms with E-state index >= 15 is 0 Å². The average Bonchev–Trinajstić information content (AvgIpc) is 2.21. The highest BCUT2D eigenvalue weighted by atomic mass is 16.5. The van der Waals surface area contributed by atoms with Gasteiger partial charge in [0.1, 0.15) is 5.75 Å². The summed E-state index contributed by atoms with van der Waals surface area (Å²) >= 11 is 0. The summed E-state index contributed by atoms with van der Waals surface area (Å²) in [6.45, 7) is 9.39. The van der Waals surface area contributed by atoms with Crippen LogP contribution < -0.4 is 4.74 Å². The molecule has 0 aliphatic rings. The quantitative estimate of drug-likeness (QED) is 0.870. The molecule has 0 aliphatic heterocycles. The van der Waals surface area contributed by atoms with E-state index in [4.69, 9.17) is 4.74 Å². The van der Waals surface area contributed by atoms with Crippen LogP contribution in [0.3, 0.4) is 0 Å². The maximum absolute atomic E-state index is 11.2.